The molecular formula is C31H28N2O2S. The molecule has 2 aliphatic heterocycles. The third kappa shape index (κ3) is 4.14. The van der Waals surface area contributed by atoms with E-state index in [1.165, 1.54) is 33.5 Å². The number of benzene rings is 3. The summed E-state index contributed by atoms with van der Waals surface area (Å²) < 4.78 is 10.8. The minimum atomic E-state index is 0.0967. The molecule has 4 nitrogen and oxygen atoms in total. The molecule has 0 N–H and O–H groups in total. The molecule has 3 aliphatic rings. The van der Waals surface area contributed by atoms with Gasteiger partial charge in [0.05, 0.1) is 31.7 Å². The highest BCUT2D eigenvalue weighted by Gasteiger charge is 2.40. The zero-order valence-electron chi connectivity index (χ0n) is 20.5. The summed E-state index contributed by atoms with van der Waals surface area (Å²) in [5.41, 5.74) is 8.69. The molecule has 0 saturated carbocycles. The second-order valence-electron chi connectivity index (χ2n) is 9.10. The third-order valence-corrected chi connectivity index (χ3v) is 7.84. The molecule has 3 aromatic carbocycles. The second kappa shape index (κ2) is 9.75. The number of hydrogen-bond donors (Lipinski definition) is 0. The van der Waals surface area contributed by atoms with Crippen molar-refractivity contribution in [2.45, 2.75) is 25.3 Å². The smallest absolute Gasteiger partial charge is 0.174 e. The van der Waals surface area contributed by atoms with Crippen molar-refractivity contribution in [1.29, 1.82) is 0 Å². The Morgan fingerprint density at radius 1 is 0.861 bits per heavy atom. The number of amidine groups is 1. The van der Waals surface area contributed by atoms with Crippen molar-refractivity contribution in [3.05, 3.63) is 118 Å². The fraction of sp³-hybridized carbons (Fsp3) is 0.194. The first-order valence-electron chi connectivity index (χ1n) is 12.3. The Morgan fingerprint density at radius 2 is 1.56 bits per heavy atom. The fourth-order valence-corrected chi connectivity index (χ4v) is 6.15. The molecule has 3 aromatic rings. The summed E-state index contributed by atoms with van der Waals surface area (Å²) in [6.07, 6.45) is 5.47. The molecule has 1 atom stereocenters. The Morgan fingerprint density at radius 3 is 2.25 bits per heavy atom. The highest BCUT2D eigenvalue weighted by atomic mass is 32.2. The van der Waals surface area contributed by atoms with Crippen molar-refractivity contribution >= 4 is 28.7 Å². The SMILES string of the molecule is COc1ccc(C=C2CCCC3=C2N=C2SC=C(c4ccccc4)N2C3c2ccc(OC)cc2)cc1. The van der Waals surface area contributed by atoms with Crippen LogP contribution in [-0.4, -0.2) is 24.3 Å². The van der Waals surface area contributed by atoms with Crippen molar-refractivity contribution in [2.24, 2.45) is 4.99 Å². The topological polar surface area (TPSA) is 34.1 Å². The van der Waals surface area contributed by atoms with Gasteiger partial charge in [0.2, 0.25) is 0 Å². The van der Waals surface area contributed by atoms with Crippen molar-refractivity contribution < 1.29 is 9.47 Å². The molecule has 0 radical (unpaired) electrons. The molecule has 0 amide bonds. The molecule has 2 heterocycles. The van der Waals surface area contributed by atoms with E-state index < -0.39 is 0 Å². The average Bonchev–Trinajstić information content (AvgIpc) is 3.37. The Hall–Kier alpha value is -3.70. The Bertz CT molecular complexity index is 1390. The number of rotatable bonds is 5. The molecule has 0 spiro atoms. The number of thioether (sulfide) groups is 1. The van der Waals surface area contributed by atoms with Gasteiger partial charge in [-0.05, 0) is 77.4 Å². The van der Waals surface area contributed by atoms with Gasteiger partial charge in [-0.15, -0.1) is 0 Å². The summed E-state index contributed by atoms with van der Waals surface area (Å²) in [5.74, 6) is 1.74. The van der Waals surface area contributed by atoms with Gasteiger partial charge in [-0.1, -0.05) is 66.4 Å². The molecule has 1 aliphatic carbocycles. The minimum Gasteiger partial charge on any atom is -0.497 e. The monoisotopic (exact) mass is 492 g/mol. The number of fused-ring (bicyclic) bond motifs is 1. The quantitative estimate of drug-likeness (QED) is 0.366. The zero-order chi connectivity index (χ0) is 24.5. The summed E-state index contributed by atoms with van der Waals surface area (Å²) in [6.45, 7) is 0. The van der Waals surface area contributed by atoms with Crippen LogP contribution in [0, 0.1) is 0 Å². The Balaban J connectivity index is 1.46. The van der Waals surface area contributed by atoms with Gasteiger partial charge in [0, 0.05) is 5.41 Å². The lowest BCUT2D eigenvalue weighted by Crippen LogP contribution is -2.34. The van der Waals surface area contributed by atoms with E-state index in [9.17, 15) is 0 Å². The van der Waals surface area contributed by atoms with Crippen LogP contribution in [0.5, 0.6) is 11.5 Å². The van der Waals surface area contributed by atoms with Crippen LogP contribution < -0.4 is 9.47 Å². The fourth-order valence-electron chi connectivity index (χ4n) is 5.22. The molecule has 36 heavy (non-hydrogen) atoms. The standard InChI is InChI=1S/C31H28N2O2S/c1-34-25-15-11-21(12-16-25)19-24-9-6-10-27-29(24)32-31-33(28(20-36-31)22-7-4-3-5-8-22)30(27)23-13-17-26(35-2)18-14-23/h3-5,7-8,11-20,30H,6,9-10H2,1-2H3. The molecule has 5 heteroatoms. The van der Waals surface area contributed by atoms with Gasteiger partial charge in [-0.3, -0.25) is 0 Å². The van der Waals surface area contributed by atoms with E-state index in [1.807, 2.05) is 12.1 Å². The predicted molar refractivity (Wildman–Crippen MR) is 149 cm³/mol. The lowest BCUT2D eigenvalue weighted by atomic mass is 9.82. The molecule has 1 unspecified atom stereocenters. The molecule has 0 aromatic heterocycles. The molecule has 180 valence electrons. The number of methoxy groups -OCH3 is 2. The molecule has 0 bridgehead atoms. The van der Waals surface area contributed by atoms with Crippen LogP contribution in [-0.2, 0) is 0 Å². The van der Waals surface area contributed by atoms with Gasteiger partial charge in [-0.25, -0.2) is 4.99 Å². The zero-order valence-corrected chi connectivity index (χ0v) is 21.3. The van der Waals surface area contributed by atoms with Gasteiger partial charge in [0.15, 0.2) is 5.17 Å². The van der Waals surface area contributed by atoms with Crippen LogP contribution in [0.25, 0.3) is 11.8 Å². The maximum atomic E-state index is 5.46. The average molecular weight is 493 g/mol. The molecule has 6 rings (SSSR count). The highest BCUT2D eigenvalue weighted by molar-refractivity contribution is 8.16. The number of nitrogens with zero attached hydrogens (tertiary/aromatic N) is 2. The van der Waals surface area contributed by atoms with Crippen LogP contribution in [0.4, 0.5) is 0 Å². The van der Waals surface area contributed by atoms with Crippen molar-refractivity contribution in [3.63, 3.8) is 0 Å². The van der Waals surface area contributed by atoms with Crippen LogP contribution in [0.2, 0.25) is 0 Å². The first-order chi connectivity index (χ1) is 17.7. The largest absolute Gasteiger partial charge is 0.497 e. The number of aliphatic imine (C=N–C) groups is 1. The van der Waals surface area contributed by atoms with Crippen LogP contribution in [0.3, 0.4) is 0 Å². The van der Waals surface area contributed by atoms with Gasteiger partial charge in [0.1, 0.15) is 11.5 Å². The summed E-state index contributed by atoms with van der Waals surface area (Å²) in [7, 11) is 3.41. The Kier molecular flexibility index (Phi) is 6.16. The summed E-state index contributed by atoms with van der Waals surface area (Å²) in [5, 5.41) is 3.28. The minimum absolute atomic E-state index is 0.0967. The highest BCUT2D eigenvalue weighted by Crippen LogP contribution is 2.51. The van der Waals surface area contributed by atoms with Crippen LogP contribution in [0.1, 0.15) is 42.0 Å². The second-order valence-corrected chi connectivity index (χ2v) is 9.93. The van der Waals surface area contributed by atoms with E-state index in [4.69, 9.17) is 14.5 Å². The first kappa shape index (κ1) is 22.7. The molecular weight excluding hydrogens is 464 g/mol. The maximum absolute atomic E-state index is 5.46. The van der Waals surface area contributed by atoms with E-state index in [1.54, 1.807) is 26.0 Å². The van der Waals surface area contributed by atoms with Crippen molar-refractivity contribution in [3.8, 4) is 11.5 Å². The van der Waals surface area contributed by atoms with Gasteiger partial charge in [0.25, 0.3) is 0 Å². The van der Waals surface area contributed by atoms with E-state index in [0.29, 0.717) is 0 Å². The maximum Gasteiger partial charge on any atom is 0.174 e. The normalized spacial score (nSPS) is 20.0. The number of ether oxygens (including phenoxy) is 2. The lowest BCUT2D eigenvalue weighted by Gasteiger charge is -2.40. The molecule has 0 saturated heterocycles. The van der Waals surface area contributed by atoms with E-state index in [0.717, 1.165) is 41.6 Å². The molecule has 0 fully saturated rings. The van der Waals surface area contributed by atoms with E-state index in [-0.39, 0.29) is 6.04 Å². The van der Waals surface area contributed by atoms with Crippen LogP contribution >= 0.6 is 11.8 Å². The summed E-state index contributed by atoms with van der Waals surface area (Å²) in [4.78, 5) is 7.71. The van der Waals surface area contributed by atoms with Crippen LogP contribution in [0.15, 0.2) is 106 Å². The van der Waals surface area contributed by atoms with Gasteiger partial charge >= 0.3 is 0 Å². The van der Waals surface area contributed by atoms with Gasteiger partial charge < -0.3 is 14.4 Å². The summed E-state index contributed by atoms with van der Waals surface area (Å²) >= 11 is 1.72. The lowest BCUT2D eigenvalue weighted by molar-refractivity contribution is 0.413. The van der Waals surface area contributed by atoms with E-state index in [2.05, 4.69) is 83.1 Å². The van der Waals surface area contributed by atoms with Crippen molar-refractivity contribution in [1.82, 2.24) is 4.90 Å². The number of hydrogen-bond acceptors (Lipinski definition) is 5. The van der Waals surface area contributed by atoms with E-state index >= 15 is 0 Å². The van der Waals surface area contributed by atoms with Gasteiger partial charge in [-0.2, -0.15) is 0 Å². The first-order valence-corrected chi connectivity index (χ1v) is 13.2. The van der Waals surface area contributed by atoms with Crippen molar-refractivity contribution in [2.75, 3.05) is 14.2 Å². The summed E-state index contributed by atoms with van der Waals surface area (Å²) in [6, 6.07) is 27.5. The third-order valence-electron chi connectivity index (χ3n) is 7.00. The number of allylic oxidation sites excluding steroid dienone is 1. The Labute approximate surface area is 216 Å². The predicted octanol–water partition coefficient (Wildman–Crippen LogP) is 7.68.